The van der Waals surface area contributed by atoms with Crippen molar-refractivity contribution < 1.29 is 18.3 Å². The second-order valence-electron chi connectivity index (χ2n) is 3.97. The molecule has 0 saturated carbocycles. The molecule has 0 radical (unpaired) electrons. The van der Waals surface area contributed by atoms with Gasteiger partial charge < -0.3 is 9.47 Å². The number of nitriles is 1. The van der Waals surface area contributed by atoms with Crippen molar-refractivity contribution in [3.05, 3.63) is 59.2 Å². The summed E-state index contributed by atoms with van der Waals surface area (Å²) in [6, 6.07) is 10.1. The molecule has 0 N–H and O–H groups in total. The molecule has 0 fully saturated rings. The van der Waals surface area contributed by atoms with Crippen molar-refractivity contribution in [3.63, 3.8) is 0 Å². The van der Waals surface area contributed by atoms with Crippen molar-refractivity contribution in [2.75, 3.05) is 7.11 Å². The van der Waals surface area contributed by atoms with E-state index in [4.69, 9.17) is 14.7 Å². The second kappa shape index (κ2) is 6.02. The largest absolute Gasteiger partial charge is 0.493 e. The Hall–Kier alpha value is -2.61. The Kier molecular flexibility index (Phi) is 4.16. The Balaban J connectivity index is 2.21. The third-order valence-corrected chi connectivity index (χ3v) is 2.73. The number of benzene rings is 2. The lowest BCUT2D eigenvalue weighted by atomic mass is 10.2. The van der Waals surface area contributed by atoms with Crippen LogP contribution in [-0.2, 0) is 6.61 Å². The van der Waals surface area contributed by atoms with Gasteiger partial charge in [-0.2, -0.15) is 5.26 Å². The van der Waals surface area contributed by atoms with Crippen LogP contribution in [0.5, 0.6) is 11.5 Å². The fourth-order valence-electron chi connectivity index (χ4n) is 1.68. The van der Waals surface area contributed by atoms with E-state index >= 15 is 0 Å². The number of methoxy groups -OCH3 is 1. The highest BCUT2D eigenvalue weighted by Crippen LogP contribution is 2.29. The third kappa shape index (κ3) is 2.86. The van der Waals surface area contributed by atoms with Crippen LogP contribution >= 0.6 is 0 Å². The molecule has 0 unspecified atom stereocenters. The fraction of sp³-hybridized carbons (Fsp3) is 0.133. The zero-order chi connectivity index (χ0) is 14.5. The molecule has 0 bridgehead atoms. The molecule has 0 heterocycles. The average molecular weight is 275 g/mol. The monoisotopic (exact) mass is 275 g/mol. The van der Waals surface area contributed by atoms with Crippen molar-refractivity contribution in [1.82, 2.24) is 0 Å². The van der Waals surface area contributed by atoms with Gasteiger partial charge in [-0.1, -0.05) is 6.07 Å². The van der Waals surface area contributed by atoms with Gasteiger partial charge in [0.1, 0.15) is 18.2 Å². The number of ether oxygens (including phenoxy) is 2. The third-order valence-electron chi connectivity index (χ3n) is 2.73. The topological polar surface area (TPSA) is 42.2 Å². The molecule has 20 heavy (non-hydrogen) atoms. The maximum Gasteiger partial charge on any atom is 0.162 e. The first kappa shape index (κ1) is 13.8. The summed E-state index contributed by atoms with van der Waals surface area (Å²) in [6.45, 7) is -0.263. The van der Waals surface area contributed by atoms with Crippen LogP contribution in [0.25, 0.3) is 0 Å². The first-order valence-electron chi connectivity index (χ1n) is 5.79. The zero-order valence-corrected chi connectivity index (χ0v) is 10.7. The minimum atomic E-state index is -0.669. The summed E-state index contributed by atoms with van der Waals surface area (Å²) in [5, 5.41) is 8.78. The Morgan fingerprint density at radius 3 is 2.40 bits per heavy atom. The summed E-state index contributed by atoms with van der Waals surface area (Å²) in [5.41, 5.74) is 0.255. The van der Waals surface area contributed by atoms with Crippen LogP contribution in [0, 0.1) is 23.0 Å². The predicted octanol–water partition coefficient (Wildman–Crippen LogP) is 3.42. The van der Waals surface area contributed by atoms with E-state index in [1.807, 2.05) is 6.07 Å². The molecular weight excluding hydrogens is 264 g/mol. The van der Waals surface area contributed by atoms with Gasteiger partial charge in [0.05, 0.1) is 24.3 Å². The van der Waals surface area contributed by atoms with Crippen molar-refractivity contribution in [2.45, 2.75) is 6.61 Å². The molecule has 2 aromatic carbocycles. The van der Waals surface area contributed by atoms with Crippen LogP contribution in [0.2, 0.25) is 0 Å². The number of nitrogens with zero attached hydrogens (tertiary/aromatic N) is 1. The van der Waals surface area contributed by atoms with Gasteiger partial charge in [-0.15, -0.1) is 0 Å². The Morgan fingerprint density at radius 2 is 1.80 bits per heavy atom. The molecule has 0 saturated heterocycles. The van der Waals surface area contributed by atoms with E-state index in [0.29, 0.717) is 17.1 Å². The van der Waals surface area contributed by atoms with Crippen molar-refractivity contribution in [1.29, 1.82) is 5.26 Å². The number of rotatable bonds is 4. The van der Waals surface area contributed by atoms with Gasteiger partial charge in [-0.05, 0) is 24.3 Å². The van der Waals surface area contributed by atoms with Crippen LogP contribution in [0.15, 0.2) is 36.4 Å². The Bertz CT molecular complexity index is 645. The molecule has 0 aliphatic rings. The lowest BCUT2D eigenvalue weighted by molar-refractivity contribution is 0.274. The van der Waals surface area contributed by atoms with Gasteiger partial charge in [0, 0.05) is 6.07 Å². The van der Waals surface area contributed by atoms with Gasteiger partial charge in [0.15, 0.2) is 11.5 Å². The van der Waals surface area contributed by atoms with Gasteiger partial charge in [0.25, 0.3) is 0 Å². The van der Waals surface area contributed by atoms with Crippen LogP contribution in [0.3, 0.4) is 0 Å². The van der Waals surface area contributed by atoms with E-state index in [0.717, 1.165) is 12.1 Å². The summed E-state index contributed by atoms with van der Waals surface area (Å²) in [4.78, 5) is 0. The quantitative estimate of drug-likeness (QED) is 0.858. The first-order valence-corrected chi connectivity index (χ1v) is 5.79. The fourth-order valence-corrected chi connectivity index (χ4v) is 1.68. The minimum Gasteiger partial charge on any atom is -0.493 e. The molecule has 5 heteroatoms. The summed E-state index contributed by atoms with van der Waals surface area (Å²) in [6.07, 6.45) is 0. The van der Waals surface area contributed by atoms with E-state index < -0.39 is 11.6 Å². The SMILES string of the molecule is COc1cc(C#N)ccc1OCc1c(F)cccc1F. The molecule has 0 amide bonds. The standard InChI is InChI=1S/C15H11F2NO2/c1-19-15-7-10(8-18)5-6-14(15)20-9-11-12(16)3-2-4-13(11)17/h2-7H,9H2,1H3. The van der Waals surface area contributed by atoms with Crippen molar-refractivity contribution in [3.8, 4) is 17.6 Å². The maximum absolute atomic E-state index is 13.5. The van der Waals surface area contributed by atoms with E-state index in [1.165, 1.54) is 31.4 Å². The molecule has 2 aromatic rings. The first-order chi connectivity index (χ1) is 9.65. The minimum absolute atomic E-state index is 0.154. The smallest absolute Gasteiger partial charge is 0.162 e. The molecule has 2 rings (SSSR count). The van der Waals surface area contributed by atoms with E-state index in [-0.39, 0.29) is 12.2 Å². The second-order valence-corrected chi connectivity index (χ2v) is 3.97. The summed E-state index contributed by atoms with van der Waals surface area (Å²) in [5.74, 6) is -0.690. The molecular formula is C15H11F2NO2. The van der Waals surface area contributed by atoms with Crippen LogP contribution in [0.1, 0.15) is 11.1 Å². The molecule has 0 aliphatic heterocycles. The number of halogens is 2. The molecule has 102 valence electrons. The highest BCUT2D eigenvalue weighted by atomic mass is 19.1. The van der Waals surface area contributed by atoms with E-state index in [2.05, 4.69) is 0 Å². The Labute approximate surface area is 115 Å². The van der Waals surface area contributed by atoms with Crippen LogP contribution in [-0.4, -0.2) is 7.11 Å². The van der Waals surface area contributed by atoms with Crippen molar-refractivity contribution >= 4 is 0 Å². The highest BCUT2D eigenvalue weighted by molar-refractivity contribution is 5.46. The van der Waals surface area contributed by atoms with Crippen LogP contribution in [0.4, 0.5) is 8.78 Å². The summed E-state index contributed by atoms with van der Waals surface area (Å²) in [7, 11) is 1.42. The summed E-state index contributed by atoms with van der Waals surface area (Å²) >= 11 is 0. The number of hydrogen-bond acceptors (Lipinski definition) is 3. The number of hydrogen-bond donors (Lipinski definition) is 0. The van der Waals surface area contributed by atoms with Gasteiger partial charge in [-0.25, -0.2) is 8.78 Å². The van der Waals surface area contributed by atoms with Gasteiger partial charge >= 0.3 is 0 Å². The van der Waals surface area contributed by atoms with Gasteiger partial charge in [0.2, 0.25) is 0 Å². The van der Waals surface area contributed by atoms with Crippen molar-refractivity contribution in [2.24, 2.45) is 0 Å². The maximum atomic E-state index is 13.5. The lowest BCUT2D eigenvalue weighted by Gasteiger charge is -2.11. The lowest BCUT2D eigenvalue weighted by Crippen LogP contribution is -2.03. The molecule has 0 aliphatic carbocycles. The molecule has 0 aromatic heterocycles. The molecule has 3 nitrogen and oxygen atoms in total. The van der Waals surface area contributed by atoms with E-state index in [9.17, 15) is 8.78 Å². The van der Waals surface area contributed by atoms with Crippen LogP contribution < -0.4 is 9.47 Å². The van der Waals surface area contributed by atoms with E-state index in [1.54, 1.807) is 0 Å². The predicted molar refractivity (Wildman–Crippen MR) is 68.4 cm³/mol. The summed E-state index contributed by atoms with van der Waals surface area (Å²) < 4.78 is 37.4. The molecule has 0 spiro atoms. The Morgan fingerprint density at radius 1 is 1.10 bits per heavy atom. The molecule has 0 atom stereocenters. The van der Waals surface area contributed by atoms with Gasteiger partial charge in [-0.3, -0.25) is 0 Å². The average Bonchev–Trinajstić information content (AvgIpc) is 2.46. The zero-order valence-electron chi connectivity index (χ0n) is 10.7. The normalized spacial score (nSPS) is 9.90. The highest BCUT2D eigenvalue weighted by Gasteiger charge is 2.11.